The highest BCUT2D eigenvalue weighted by molar-refractivity contribution is 7.07. The number of rotatable bonds is 5. The zero-order chi connectivity index (χ0) is 15.4. The fourth-order valence-electron chi connectivity index (χ4n) is 2.24. The van der Waals surface area contributed by atoms with Crippen LogP contribution in [0.2, 0.25) is 0 Å². The van der Waals surface area contributed by atoms with Gasteiger partial charge in [-0.3, -0.25) is 0 Å². The van der Waals surface area contributed by atoms with Crippen molar-refractivity contribution in [2.45, 2.75) is 12.6 Å². The van der Waals surface area contributed by atoms with Crippen molar-refractivity contribution in [2.24, 2.45) is 0 Å². The lowest BCUT2D eigenvalue weighted by Crippen LogP contribution is -2.37. The molecule has 1 aromatic carbocycles. The van der Waals surface area contributed by atoms with E-state index >= 15 is 0 Å². The molecule has 0 spiro atoms. The second-order valence-corrected chi connectivity index (χ2v) is 5.80. The monoisotopic (exact) mass is 315 g/mol. The van der Waals surface area contributed by atoms with E-state index in [0.29, 0.717) is 6.54 Å². The summed E-state index contributed by atoms with van der Waals surface area (Å²) in [6, 6.07) is 11.5. The summed E-state index contributed by atoms with van der Waals surface area (Å²) in [5.74, 6) is 0. The Hall–Kier alpha value is -2.31. The molecule has 2 aromatic heterocycles. The number of hydrogen-bond donors (Lipinski definition) is 4. The first-order chi connectivity index (χ1) is 10.7. The van der Waals surface area contributed by atoms with Crippen molar-refractivity contribution < 1.29 is 9.90 Å². The van der Waals surface area contributed by atoms with Gasteiger partial charge in [0.15, 0.2) is 0 Å². The molecule has 0 aliphatic heterocycles. The molecule has 22 heavy (non-hydrogen) atoms. The molecular weight excluding hydrogens is 298 g/mol. The lowest BCUT2D eigenvalue weighted by atomic mass is 10.2. The normalized spacial score (nSPS) is 12.2. The molecule has 0 bridgehead atoms. The Labute approximate surface area is 132 Å². The number of benzene rings is 1. The average Bonchev–Trinajstić information content (AvgIpc) is 3.19. The average molecular weight is 315 g/mol. The van der Waals surface area contributed by atoms with Crippen LogP contribution in [-0.4, -0.2) is 22.7 Å². The maximum Gasteiger partial charge on any atom is 0.315 e. The summed E-state index contributed by atoms with van der Waals surface area (Å²) >= 11 is 1.52. The fraction of sp³-hybridized carbons (Fsp3) is 0.188. The van der Waals surface area contributed by atoms with Crippen molar-refractivity contribution in [1.29, 1.82) is 0 Å². The zero-order valence-electron chi connectivity index (χ0n) is 11.9. The van der Waals surface area contributed by atoms with Crippen LogP contribution in [0.25, 0.3) is 10.9 Å². The van der Waals surface area contributed by atoms with Crippen molar-refractivity contribution in [1.82, 2.24) is 15.6 Å². The largest absolute Gasteiger partial charge is 0.387 e. The van der Waals surface area contributed by atoms with Crippen LogP contribution in [0.15, 0.2) is 47.2 Å². The van der Waals surface area contributed by atoms with Crippen LogP contribution in [0, 0.1) is 0 Å². The van der Waals surface area contributed by atoms with Gasteiger partial charge in [-0.1, -0.05) is 18.2 Å². The Kier molecular flexibility index (Phi) is 4.41. The SMILES string of the molecule is O=C(NCc1cc2ccccc2[nH]1)NCC(O)c1ccsc1. The molecule has 4 N–H and O–H groups in total. The lowest BCUT2D eigenvalue weighted by molar-refractivity contribution is 0.173. The number of carbonyl (C=O) groups is 1. The van der Waals surface area contributed by atoms with Crippen molar-refractivity contribution >= 4 is 28.3 Å². The summed E-state index contributed by atoms with van der Waals surface area (Å²) in [6.07, 6.45) is -0.676. The smallest absolute Gasteiger partial charge is 0.315 e. The first kappa shape index (κ1) is 14.6. The minimum atomic E-state index is -0.676. The summed E-state index contributed by atoms with van der Waals surface area (Å²) < 4.78 is 0. The van der Waals surface area contributed by atoms with Crippen LogP contribution in [-0.2, 0) is 6.54 Å². The molecule has 0 radical (unpaired) electrons. The molecule has 2 heterocycles. The standard InChI is InChI=1S/C16H17N3O2S/c20-15(12-5-6-22-10-12)9-18-16(21)17-8-13-7-11-3-1-2-4-14(11)19-13/h1-7,10,15,19-20H,8-9H2,(H2,17,18,21). The number of aromatic amines is 1. The van der Waals surface area contributed by atoms with Gasteiger partial charge in [0.2, 0.25) is 0 Å². The lowest BCUT2D eigenvalue weighted by Gasteiger charge is -2.11. The molecule has 5 nitrogen and oxygen atoms in total. The molecule has 0 saturated heterocycles. The van der Waals surface area contributed by atoms with E-state index in [0.717, 1.165) is 22.2 Å². The fourth-order valence-corrected chi connectivity index (χ4v) is 2.95. The number of aromatic nitrogens is 1. The number of aliphatic hydroxyl groups excluding tert-OH is 1. The number of H-pyrrole nitrogens is 1. The van der Waals surface area contributed by atoms with E-state index in [1.807, 2.05) is 47.2 Å². The quantitative estimate of drug-likeness (QED) is 0.584. The first-order valence-corrected chi connectivity index (χ1v) is 7.95. The topological polar surface area (TPSA) is 77.2 Å². The third kappa shape index (κ3) is 3.47. The maximum atomic E-state index is 11.8. The van der Waals surface area contributed by atoms with Gasteiger partial charge in [-0.2, -0.15) is 11.3 Å². The first-order valence-electron chi connectivity index (χ1n) is 7.01. The van der Waals surface area contributed by atoms with Crippen molar-refractivity contribution in [3.63, 3.8) is 0 Å². The molecule has 6 heteroatoms. The summed E-state index contributed by atoms with van der Waals surface area (Å²) in [5, 5.41) is 20.2. The summed E-state index contributed by atoms with van der Waals surface area (Å²) in [5.41, 5.74) is 2.81. The second kappa shape index (κ2) is 6.64. The van der Waals surface area contributed by atoms with E-state index in [2.05, 4.69) is 15.6 Å². The predicted octanol–water partition coefficient (Wildman–Crippen LogP) is 2.76. The van der Waals surface area contributed by atoms with Crippen molar-refractivity contribution in [3.05, 3.63) is 58.4 Å². The van der Waals surface area contributed by atoms with E-state index in [1.54, 1.807) is 0 Å². The summed E-state index contributed by atoms with van der Waals surface area (Å²) in [4.78, 5) is 15.0. The third-order valence-corrected chi connectivity index (χ3v) is 4.11. The number of urea groups is 1. The highest BCUT2D eigenvalue weighted by Crippen LogP contribution is 2.15. The number of nitrogens with one attached hydrogen (secondary N) is 3. The van der Waals surface area contributed by atoms with Gasteiger partial charge >= 0.3 is 6.03 Å². The predicted molar refractivity (Wildman–Crippen MR) is 87.8 cm³/mol. The van der Waals surface area contributed by atoms with Crippen LogP contribution < -0.4 is 10.6 Å². The van der Waals surface area contributed by atoms with Gasteiger partial charge in [0.05, 0.1) is 12.6 Å². The molecule has 1 atom stereocenters. The van der Waals surface area contributed by atoms with E-state index in [-0.39, 0.29) is 12.6 Å². The van der Waals surface area contributed by atoms with Gasteiger partial charge in [0.25, 0.3) is 0 Å². The molecule has 3 aromatic rings. The number of fused-ring (bicyclic) bond motifs is 1. The third-order valence-electron chi connectivity index (χ3n) is 3.41. The Morgan fingerprint density at radius 3 is 2.91 bits per heavy atom. The van der Waals surface area contributed by atoms with Crippen LogP contribution in [0.5, 0.6) is 0 Å². The number of carbonyl (C=O) groups excluding carboxylic acids is 1. The molecule has 3 rings (SSSR count). The number of amides is 2. The summed E-state index contributed by atoms with van der Waals surface area (Å²) in [6.45, 7) is 0.602. The number of hydrogen-bond acceptors (Lipinski definition) is 3. The molecule has 0 saturated carbocycles. The maximum absolute atomic E-state index is 11.8. The van der Waals surface area contributed by atoms with E-state index in [4.69, 9.17) is 0 Å². The Morgan fingerprint density at radius 2 is 2.14 bits per heavy atom. The van der Waals surface area contributed by atoms with Crippen LogP contribution in [0.3, 0.4) is 0 Å². The van der Waals surface area contributed by atoms with Gasteiger partial charge in [-0.15, -0.1) is 0 Å². The number of thiophene rings is 1. The minimum absolute atomic E-state index is 0.190. The highest BCUT2D eigenvalue weighted by atomic mass is 32.1. The van der Waals surface area contributed by atoms with E-state index in [9.17, 15) is 9.90 Å². The van der Waals surface area contributed by atoms with Gasteiger partial charge in [-0.25, -0.2) is 4.79 Å². The zero-order valence-corrected chi connectivity index (χ0v) is 12.7. The van der Waals surface area contributed by atoms with Gasteiger partial charge in [-0.05, 0) is 39.9 Å². The van der Waals surface area contributed by atoms with E-state index in [1.165, 1.54) is 11.3 Å². The molecular formula is C16H17N3O2S. The molecule has 114 valence electrons. The van der Waals surface area contributed by atoms with Crippen LogP contribution >= 0.6 is 11.3 Å². The Bertz CT molecular complexity index is 719. The molecule has 0 fully saturated rings. The second-order valence-electron chi connectivity index (χ2n) is 5.02. The molecule has 0 aliphatic carbocycles. The minimum Gasteiger partial charge on any atom is -0.387 e. The van der Waals surface area contributed by atoms with Gasteiger partial charge in [0.1, 0.15) is 0 Å². The van der Waals surface area contributed by atoms with E-state index < -0.39 is 6.10 Å². The number of aliphatic hydroxyl groups is 1. The number of para-hydroxylation sites is 1. The molecule has 2 amide bonds. The summed E-state index contributed by atoms with van der Waals surface area (Å²) in [7, 11) is 0. The Balaban J connectivity index is 1.48. The van der Waals surface area contributed by atoms with Crippen molar-refractivity contribution in [3.8, 4) is 0 Å². The highest BCUT2D eigenvalue weighted by Gasteiger charge is 2.09. The molecule has 0 aliphatic rings. The van der Waals surface area contributed by atoms with Crippen molar-refractivity contribution in [2.75, 3.05) is 6.54 Å². The van der Waals surface area contributed by atoms with Gasteiger partial charge < -0.3 is 20.7 Å². The molecule has 1 unspecified atom stereocenters. The van der Waals surface area contributed by atoms with Crippen LogP contribution in [0.4, 0.5) is 4.79 Å². The van der Waals surface area contributed by atoms with Crippen LogP contribution in [0.1, 0.15) is 17.4 Å². The Morgan fingerprint density at radius 1 is 1.27 bits per heavy atom. The van der Waals surface area contributed by atoms with Gasteiger partial charge in [0, 0.05) is 17.8 Å².